The summed E-state index contributed by atoms with van der Waals surface area (Å²) < 4.78 is 0. The number of aromatic amines is 1. The third-order valence-corrected chi connectivity index (χ3v) is 3.93. The molecule has 2 rings (SSSR count). The first-order chi connectivity index (χ1) is 11.0. The first-order valence-electron chi connectivity index (χ1n) is 7.74. The molecule has 0 aliphatic carbocycles. The molecule has 0 radical (unpaired) electrons. The van der Waals surface area contributed by atoms with Gasteiger partial charge in [-0.1, -0.05) is 36.8 Å². The maximum Gasteiger partial charge on any atom is 0.326 e. The predicted octanol–water partition coefficient (Wildman–Crippen LogP) is 3.03. The van der Waals surface area contributed by atoms with Gasteiger partial charge in [0.15, 0.2) is 0 Å². The number of aliphatic carboxylic acids is 1. The van der Waals surface area contributed by atoms with Crippen LogP contribution in [0.1, 0.15) is 32.3 Å². The molecule has 122 valence electrons. The van der Waals surface area contributed by atoms with Crippen LogP contribution in [0.15, 0.2) is 42.1 Å². The minimum Gasteiger partial charge on any atom is -0.480 e. The summed E-state index contributed by atoms with van der Waals surface area (Å²) in [5.74, 6) is -1.30. The molecule has 5 nitrogen and oxygen atoms in total. The fourth-order valence-electron chi connectivity index (χ4n) is 2.39. The topological polar surface area (TPSA) is 82.2 Å². The van der Waals surface area contributed by atoms with Crippen molar-refractivity contribution >= 4 is 22.8 Å². The van der Waals surface area contributed by atoms with E-state index in [2.05, 4.69) is 10.3 Å². The molecular formula is C18H22N2O3. The monoisotopic (exact) mass is 314 g/mol. The van der Waals surface area contributed by atoms with Gasteiger partial charge in [-0.3, -0.25) is 4.79 Å². The summed E-state index contributed by atoms with van der Waals surface area (Å²) >= 11 is 0. The molecule has 1 atom stereocenters. The molecule has 0 saturated carbocycles. The predicted molar refractivity (Wildman–Crippen MR) is 90.2 cm³/mol. The molecule has 3 N–H and O–H groups in total. The number of rotatable bonds is 7. The van der Waals surface area contributed by atoms with Crippen molar-refractivity contribution in [2.24, 2.45) is 0 Å². The van der Waals surface area contributed by atoms with Crippen LogP contribution in [0.3, 0.4) is 0 Å². The molecule has 0 fully saturated rings. The van der Waals surface area contributed by atoms with Crippen LogP contribution in [-0.2, 0) is 16.0 Å². The Hall–Kier alpha value is -2.56. The van der Waals surface area contributed by atoms with E-state index >= 15 is 0 Å². The van der Waals surface area contributed by atoms with Gasteiger partial charge in [-0.2, -0.15) is 0 Å². The number of amides is 1. The summed E-state index contributed by atoms with van der Waals surface area (Å²) in [6, 6.07) is 6.77. The van der Waals surface area contributed by atoms with Gasteiger partial charge in [-0.15, -0.1) is 0 Å². The van der Waals surface area contributed by atoms with Crippen LogP contribution in [0.4, 0.5) is 0 Å². The lowest BCUT2D eigenvalue weighted by molar-refractivity contribution is -0.141. The minimum atomic E-state index is -1.03. The van der Waals surface area contributed by atoms with E-state index in [4.69, 9.17) is 0 Å². The number of fused-ring (bicyclic) bond motifs is 1. The Labute approximate surface area is 135 Å². The zero-order valence-corrected chi connectivity index (χ0v) is 13.4. The Balaban J connectivity index is 2.07. The van der Waals surface area contributed by atoms with Crippen molar-refractivity contribution in [2.75, 3.05) is 0 Å². The Kier molecular flexibility index (Phi) is 5.57. The van der Waals surface area contributed by atoms with Gasteiger partial charge >= 0.3 is 5.97 Å². The van der Waals surface area contributed by atoms with Crippen LogP contribution in [0, 0.1) is 0 Å². The summed E-state index contributed by atoms with van der Waals surface area (Å²) in [6.07, 6.45) is 4.97. The van der Waals surface area contributed by atoms with Crippen LogP contribution in [0.2, 0.25) is 0 Å². The van der Waals surface area contributed by atoms with Crippen LogP contribution in [-0.4, -0.2) is 28.0 Å². The normalized spacial score (nSPS) is 13.0. The van der Waals surface area contributed by atoms with Crippen molar-refractivity contribution in [3.8, 4) is 0 Å². The zero-order valence-electron chi connectivity index (χ0n) is 13.4. The summed E-state index contributed by atoms with van der Waals surface area (Å²) in [5.41, 5.74) is 2.96. The number of carbonyl (C=O) groups excluding carboxylic acids is 1. The number of allylic oxidation sites excluding steroid dienone is 1. The highest BCUT2D eigenvalue weighted by molar-refractivity contribution is 5.87. The highest BCUT2D eigenvalue weighted by atomic mass is 16.4. The number of H-pyrrole nitrogens is 1. The molecule has 0 bridgehead atoms. The number of hydrogen-bond donors (Lipinski definition) is 3. The maximum absolute atomic E-state index is 11.9. The number of nitrogens with one attached hydrogen (secondary N) is 2. The standard InChI is InChI=1S/C18H22N2O3/c1-3-12(2)8-9-17(21)20-16(18(22)23)10-13-11-19-15-7-5-4-6-14(13)15/h4-8,11,16,19H,3,9-10H2,1-2H3,(H,20,21)(H,22,23). The third kappa shape index (κ3) is 4.45. The second kappa shape index (κ2) is 7.63. The van der Waals surface area contributed by atoms with Crippen LogP contribution >= 0.6 is 0 Å². The van der Waals surface area contributed by atoms with Crippen LogP contribution in [0.5, 0.6) is 0 Å². The van der Waals surface area contributed by atoms with Gasteiger partial charge in [0.05, 0.1) is 0 Å². The van der Waals surface area contributed by atoms with Gasteiger partial charge in [-0.25, -0.2) is 4.79 Å². The van der Waals surface area contributed by atoms with E-state index in [0.717, 1.165) is 28.5 Å². The average molecular weight is 314 g/mol. The first-order valence-corrected chi connectivity index (χ1v) is 7.74. The molecule has 1 unspecified atom stereocenters. The lowest BCUT2D eigenvalue weighted by Gasteiger charge is -2.13. The number of carboxylic acid groups (broad SMARTS) is 1. The van der Waals surface area contributed by atoms with Crippen molar-refractivity contribution in [2.45, 2.75) is 39.2 Å². The SMILES string of the molecule is CCC(C)=CCC(=O)NC(Cc1c[nH]c2ccccc12)C(=O)O. The number of para-hydroxylation sites is 1. The van der Waals surface area contributed by atoms with Crippen molar-refractivity contribution in [1.82, 2.24) is 10.3 Å². The number of benzene rings is 1. The summed E-state index contributed by atoms with van der Waals surface area (Å²) in [4.78, 5) is 26.5. The first kappa shape index (κ1) is 16.8. The quantitative estimate of drug-likeness (QED) is 0.687. The van der Waals surface area contributed by atoms with E-state index in [0.29, 0.717) is 0 Å². The van der Waals surface area contributed by atoms with E-state index in [9.17, 15) is 14.7 Å². The third-order valence-electron chi connectivity index (χ3n) is 3.93. The molecule has 23 heavy (non-hydrogen) atoms. The number of carbonyl (C=O) groups is 2. The van der Waals surface area contributed by atoms with Gasteiger partial charge in [0, 0.05) is 29.9 Å². The molecule has 1 heterocycles. The molecule has 1 aromatic heterocycles. The molecule has 5 heteroatoms. The van der Waals surface area contributed by atoms with E-state index in [1.54, 1.807) is 6.20 Å². The van der Waals surface area contributed by atoms with E-state index in [1.807, 2.05) is 44.2 Å². The number of aromatic nitrogens is 1. The van der Waals surface area contributed by atoms with E-state index in [1.165, 1.54) is 0 Å². The molecule has 0 spiro atoms. The summed E-state index contributed by atoms with van der Waals surface area (Å²) in [5, 5.41) is 13.0. The number of carboxylic acids is 1. The highest BCUT2D eigenvalue weighted by Crippen LogP contribution is 2.19. The highest BCUT2D eigenvalue weighted by Gasteiger charge is 2.21. The molecule has 1 amide bonds. The van der Waals surface area contributed by atoms with Crippen LogP contribution < -0.4 is 5.32 Å². The smallest absolute Gasteiger partial charge is 0.326 e. The Bertz CT molecular complexity index is 731. The number of hydrogen-bond acceptors (Lipinski definition) is 2. The molecule has 0 aliphatic rings. The van der Waals surface area contributed by atoms with Gasteiger partial charge in [0.25, 0.3) is 0 Å². The van der Waals surface area contributed by atoms with Crippen molar-refractivity contribution in [1.29, 1.82) is 0 Å². The van der Waals surface area contributed by atoms with Gasteiger partial charge in [-0.05, 0) is 25.0 Å². The Morgan fingerprint density at radius 1 is 1.35 bits per heavy atom. The van der Waals surface area contributed by atoms with Crippen molar-refractivity contribution in [3.63, 3.8) is 0 Å². The van der Waals surface area contributed by atoms with Crippen molar-refractivity contribution < 1.29 is 14.7 Å². The van der Waals surface area contributed by atoms with Crippen molar-refractivity contribution in [3.05, 3.63) is 47.7 Å². The minimum absolute atomic E-state index is 0.206. The molecule has 0 aliphatic heterocycles. The molecular weight excluding hydrogens is 292 g/mol. The maximum atomic E-state index is 11.9. The van der Waals surface area contributed by atoms with Gasteiger partial charge < -0.3 is 15.4 Å². The fraction of sp³-hybridized carbons (Fsp3) is 0.333. The molecule has 0 saturated heterocycles. The summed E-state index contributed by atoms with van der Waals surface area (Å²) in [6.45, 7) is 3.97. The van der Waals surface area contributed by atoms with Gasteiger partial charge in [0.1, 0.15) is 6.04 Å². The van der Waals surface area contributed by atoms with Crippen LogP contribution in [0.25, 0.3) is 10.9 Å². The lowest BCUT2D eigenvalue weighted by Crippen LogP contribution is -2.42. The average Bonchev–Trinajstić information content (AvgIpc) is 2.95. The second-order valence-electron chi connectivity index (χ2n) is 5.63. The summed E-state index contributed by atoms with van der Waals surface area (Å²) in [7, 11) is 0. The zero-order chi connectivity index (χ0) is 16.8. The Morgan fingerprint density at radius 2 is 2.09 bits per heavy atom. The molecule has 2 aromatic rings. The fourth-order valence-corrected chi connectivity index (χ4v) is 2.39. The van der Waals surface area contributed by atoms with Gasteiger partial charge in [0.2, 0.25) is 5.91 Å². The van der Waals surface area contributed by atoms with E-state index < -0.39 is 12.0 Å². The second-order valence-corrected chi connectivity index (χ2v) is 5.63. The Morgan fingerprint density at radius 3 is 2.78 bits per heavy atom. The lowest BCUT2D eigenvalue weighted by atomic mass is 10.0. The molecule has 1 aromatic carbocycles. The largest absolute Gasteiger partial charge is 0.480 e. The van der Waals surface area contributed by atoms with E-state index in [-0.39, 0.29) is 18.7 Å².